The van der Waals surface area contributed by atoms with Crippen molar-refractivity contribution in [2.75, 3.05) is 44.7 Å². The molecule has 1 saturated heterocycles. The summed E-state index contributed by atoms with van der Waals surface area (Å²) in [5.74, 6) is -0.759. The van der Waals surface area contributed by atoms with Gasteiger partial charge in [-0.25, -0.2) is 0 Å². The smallest absolute Gasteiger partial charge is 0.269 e. The van der Waals surface area contributed by atoms with Crippen LogP contribution in [0.15, 0.2) is 54.6 Å². The lowest BCUT2D eigenvalue weighted by Gasteiger charge is -2.39. The number of nitrogens with zero attached hydrogens (tertiary/aromatic N) is 4. The van der Waals surface area contributed by atoms with Crippen molar-refractivity contribution < 1.29 is 24.1 Å². The number of hydrogen-bond acceptors (Lipinski definition) is 8. The first kappa shape index (κ1) is 41.6. The number of carbonyl (C=O) groups excluding carboxylic acids is 4. The SMILES string of the molecule is CN(C(=O)[C@@H](CCCCN)NC(=O)C1CCCCC1)[C@H](Cc1ccccc1)C(=O)N[C@@H](CC1CCCCC1)C(=O)N1CCN(c2ccc([N+](=O)[O-])cc2)CC1. The fraction of sp³-hybridized carbons (Fsp3) is 0.619. The summed E-state index contributed by atoms with van der Waals surface area (Å²) in [6.45, 7) is 2.49. The van der Waals surface area contributed by atoms with Crippen LogP contribution in [0.2, 0.25) is 0 Å². The summed E-state index contributed by atoms with van der Waals surface area (Å²) in [4.78, 5) is 72.8. The average molecular weight is 760 g/mol. The van der Waals surface area contributed by atoms with Crippen LogP contribution in [0.25, 0.3) is 0 Å². The fourth-order valence-electron chi connectivity index (χ4n) is 8.48. The molecule has 55 heavy (non-hydrogen) atoms. The fourth-order valence-corrected chi connectivity index (χ4v) is 8.48. The second-order valence-corrected chi connectivity index (χ2v) is 15.7. The van der Waals surface area contributed by atoms with Crippen molar-refractivity contribution in [2.24, 2.45) is 17.6 Å². The largest absolute Gasteiger partial charge is 0.368 e. The molecule has 0 spiro atoms. The van der Waals surface area contributed by atoms with Gasteiger partial charge < -0.3 is 31.1 Å². The number of nitro benzene ring substituents is 1. The van der Waals surface area contributed by atoms with E-state index in [4.69, 9.17) is 5.73 Å². The highest BCUT2D eigenvalue weighted by Crippen LogP contribution is 2.29. The van der Waals surface area contributed by atoms with Crippen LogP contribution in [0.4, 0.5) is 11.4 Å². The summed E-state index contributed by atoms with van der Waals surface area (Å²) in [5, 5.41) is 17.4. The van der Waals surface area contributed by atoms with Gasteiger partial charge >= 0.3 is 0 Å². The van der Waals surface area contributed by atoms with Gasteiger partial charge in [0.05, 0.1) is 4.92 Å². The Morgan fingerprint density at radius 1 is 0.836 bits per heavy atom. The molecule has 0 unspecified atom stereocenters. The molecule has 0 radical (unpaired) electrons. The molecule has 13 heteroatoms. The van der Waals surface area contributed by atoms with Gasteiger partial charge in [0.25, 0.3) is 5.69 Å². The highest BCUT2D eigenvalue weighted by Gasteiger charge is 2.37. The summed E-state index contributed by atoms with van der Waals surface area (Å²) in [7, 11) is 1.63. The molecule has 5 rings (SSSR count). The lowest BCUT2D eigenvalue weighted by molar-refractivity contribution is -0.384. The number of piperazine rings is 1. The van der Waals surface area contributed by atoms with E-state index in [0.29, 0.717) is 64.3 Å². The molecule has 2 aromatic carbocycles. The van der Waals surface area contributed by atoms with E-state index in [-0.39, 0.29) is 35.7 Å². The molecule has 13 nitrogen and oxygen atoms in total. The Labute approximate surface area is 325 Å². The first-order chi connectivity index (χ1) is 26.6. The van der Waals surface area contributed by atoms with Crippen LogP contribution in [0.3, 0.4) is 0 Å². The Bertz CT molecular complexity index is 1550. The first-order valence-corrected chi connectivity index (χ1v) is 20.5. The molecular weight excluding hydrogens is 699 g/mol. The maximum atomic E-state index is 14.6. The van der Waals surface area contributed by atoms with Crippen molar-refractivity contribution in [1.82, 2.24) is 20.4 Å². The molecule has 3 fully saturated rings. The van der Waals surface area contributed by atoms with E-state index in [1.165, 1.54) is 23.5 Å². The normalized spacial score (nSPS) is 18.5. The van der Waals surface area contributed by atoms with E-state index in [9.17, 15) is 29.3 Å². The van der Waals surface area contributed by atoms with Gasteiger partial charge in [0.1, 0.15) is 18.1 Å². The second-order valence-electron chi connectivity index (χ2n) is 15.7. The number of nitro groups is 1. The standard InChI is InChI=1S/C42H61N7O6/c1-46(41(52)36(19-11-12-24-43)44-39(50)33-17-9-4-10-18-33)38(30-32-15-7-3-8-16-32)40(51)45-37(29-31-13-5-2-6-14-31)42(53)48-27-25-47(26-28-48)34-20-22-35(23-21-34)49(54)55/h3,7-8,15-16,20-23,31,33,36-38H,2,4-6,9-14,17-19,24-30,43H2,1H3,(H,44,50)(H,45,51)/t36-,37+,38-/m1/s1. The number of unbranched alkanes of at least 4 members (excludes halogenated alkanes) is 1. The van der Waals surface area contributed by atoms with E-state index in [1.54, 1.807) is 19.2 Å². The Morgan fingerprint density at radius 3 is 2.09 bits per heavy atom. The van der Waals surface area contributed by atoms with Crippen molar-refractivity contribution in [3.05, 3.63) is 70.3 Å². The second kappa shape index (κ2) is 21.0. The van der Waals surface area contributed by atoms with Gasteiger partial charge in [-0.3, -0.25) is 29.3 Å². The lowest BCUT2D eigenvalue weighted by atomic mass is 9.84. The zero-order chi connectivity index (χ0) is 39.2. The van der Waals surface area contributed by atoms with Crippen LogP contribution >= 0.6 is 0 Å². The van der Waals surface area contributed by atoms with Crippen LogP contribution in [-0.2, 0) is 25.6 Å². The summed E-state index contributed by atoms with van der Waals surface area (Å²) >= 11 is 0. The number of hydrogen-bond donors (Lipinski definition) is 3. The molecule has 3 aliphatic rings. The maximum Gasteiger partial charge on any atom is 0.269 e. The van der Waals surface area contributed by atoms with E-state index >= 15 is 0 Å². The lowest BCUT2D eigenvalue weighted by Crippen LogP contribution is -2.59. The monoisotopic (exact) mass is 759 g/mol. The molecule has 4 N–H and O–H groups in total. The molecule has 3 atom stereocenters. The van der Waals surface area contributed by atoms with Gasteiger partial charge in [-0.1, -0.05) is 81.7 Å². The summed E-state index contributed by atoms with van der Waals surface area (Å²) < 4.78 is 0. The molecule has 4 amide bonds. The number of rotatable bonds is 17. The van der Waals surface area contributed by atoms with Crippen molar-refractivity contribution >= 4 is 35.0 Å². The zero-order valence-corrected chi connectivity index (χ0v) is 32.5. The van der Waals surface area contributed by atoms with Gasteiger partial charge in [-0.2, -0.15) is 0 Å². The number of nitrogens with two attached hydrogens (primary N) is 1. The number of anilines is 1. The Morgan fingerprint density at radius 2 is 1.47 bits per heavy atom. The van der Waals surface area contributed by atoms with E-state index < -0.39 is 29.0 Å². The number of carbonyl (C=O) groups is 4. The van der Waals surface area contributed by atoms with Crippen LogP contribution in [0.1, 0.15) is 95.5 Å². The number of benzene rings is 2. The minimum absolute atomic E-state index is 0.0306. The van der Waals surface area contributed by atoms with Gasteiger partial charge in [0.2, 0.25) is 23.6 Å². The van der Waals surface area contributed by atoms with Crippen LogP contribution in [0.5, 0.6) is 0 Å². The minimum Gasteiger partial charge on any atom is -0.368 e. The Balaban J connectivity index is 1.33. The van der Waals surface area contributed by atoms with Gasteiger partial charge in [-0.15, -0.1) is 0 Å². The molecule has 2 aromatic rings. The first-order valence-electron chi connectivity index (χ1n) is 20.5. The van der Waals surface area contributed by atoms with Gasteiger partial charge in [0.15, 0.2) is 0 Å². The van der Waals surface area contributed by atoms with Crippen molar-refractivity contribution in [3.8, 4) is 0 Å². The van der Waals surface area contributed by atoms with Gasteiger partial charge in [0, 0.05) is 63.4 Å². The Kier molecular flexibility index (Phi) is 15.9. The van der Waals surface area contributed by atoms with Crippen molar-refractivity contribution in [1.29, 1.82) is 0 Å². The van der Waals surface area contributed by atoms with E-state index in [1.807, 2.05) is 35.2 Å². The quantitative estimate of drug-likeness (QED) is 0.115. The summed E-state index contributed by atoms with van der Waals surface area (Å²) in [6.07, 6.45) is 12.7. The molecule has 0 bridgehead atoms. The molecule has 0 aromatic heterocycles. The highest BCUT2D eigenvalue weighted by atomic mass is 16.6. The topological polar surface area (TPSA) is 171 Å². The summed E-state index contributed by atoms with van der Waals surface area (Å²) in [5.41, 5.74) is 7.56. The third-order valence-corrected chi connectivity index (χ3v) is 11.9. The molecule has 2 saturated carbocycles. The molecule has 1 aliphatic heterocycles. The van der Waals surface area contributed by atoms with Gasteiger partial charge in [-0.05, 0) is 68.7 Å². The molecule has 300 valence electrons. The molecule has 1 heterocycles. The number of amides is 4. The van der Waals surface area contributed by atoms with Crippen LogP contribution in [-0.4, -0.2) is 96.2 Å². The maximum absolute atomic E-state index is 14.6. The molecular formula is C42H61N7O6. The number of likely N-dealkylation sites (N-methyl/N-ethyl adjacent to an activating group) is 1. The zero-order valence-electron chi connectivity index (χ0n) is 32.5. The van der Waals surface area contributed by atoms with E-state index in [0.717, 1.165) is 69.0 Å². The highest BCUT2D eigenvalue weighted by molar-refractivity contribution is 5.94. The van der Waals surface area contributed by atoms with Crippen molar-refractivity contribution in [3.63, 3.8) is 0 Å². The Hall–Kier alpha value is -4.52. The van der Waals surface area contributed by atoms with Crippen LogP contribution in [0, 0.1) is 22.0 Å². The predicted octanol–water partition coefficient (Wildman–Crippen LogP) is 4.96. The number of nitrogens with one attached hydrogen (secondary N) is 2. The minimum atomic E-state index is -0.917. The molecule has 2 aliphatic carbocycles. The average Bonchev–Trinajstić information content (AvgIpc) is 3.22. The third kappa shape index (κ3) is 12.0. The van der Waals surface area contributed by atoms with E-state index in [2.05, 4.69) is 15.5 Å². The van der Waals surface area contributed by atoms with Crippen LogP contribution < -0.4 is 21.3 Å². The number of non-ortho nitro benzene ring substituents is 1. The summed E-state index contributed by atoms with van der Waals surface area (Å²) in [6, 6.07) is 13.5. The predicted molar refractivity (Wildman–Crippen MR) is 213 cm³/mol. The van der Waals surface area contributed by atoms with Crippen molar-refractivity contribution in [2.45, 2.75) is 114 Å². The third-order valence-electron chi connectivity index (χ3n) is 11.9.